The van der Waals surface area contributed by atoms with Crippen molar-refractivity contribution in [2.24, 2.45) is 5.92 Å². The molecular weight excluding hydrogens is 318 g/mol. The van der Waals surface area contributed by atoms with E-state index in [1.807, 2.05) is 28.8 Å². The van der Waals surface area contributed by atoms with Crippen LogP contribution in [-0.2, 0) is 16.1 Å². The van der Waals surface area contributed by atoms with Gasteiger partial charge in [0.15, 0.2) is 0 Å². The molecule has 2 heterocycles. The van der Waals surface area contributed by atoms with E-state index in [1.54, 1.807) is 6.20 Å². The van der Waals surface area contributed by atoms with Gasteiger partial charge in [-0.1, -0.05) is 13.8 Å². The molecule has 0 bridgehead atoms. The predicted molar refractivity (Wildman–Crippen MR) is 96.9 cm³/mol. The second kappa shape index (κ2) is 9.56. The van der Waals surface area contributed by atoms with Crippen molar-refractivity contribution in [3.05, 3.63) is 18.5 Å². The zero-order chi connectivity index (χ0) is 18.2. The van der Waals surface area contributed by atoms with Crippen molar-refractivity contribution in [1.82, 2.24) is 24.9 Å². The minimum atomic E-state index is -0.348. The van der Waals surface area contributed by atoms with Crippen molar-refractivity contribution < 1.29 is 9.59 Å². The number of aromatic nitrogens is 2. The van der Waals surface area contributed by atoms with Crippen LogP contribution in [0, 0.1) is 5.92 Å². The number of hydrogen-bond donors (Lipinski definition) is 1. The van der Waals surface area contributed by atoms with Crippen LogP contribution in [0.3, 0.4) is 0 Å². The Hall–Kier alpha value is -1.89. The van der Waals surface area contributed by atoms with Crippen LogP contribution in [0.4, 0.5) is 0 Å². The summed E-state index contributed by atoms with van der Waals surface area (Å²) in [6, 6.07) is 1.52. The second-order valence-electron chi connectivity index (χ2n) is 6.97. The van der Waals surface area contributed by atoms with Crippen molar-refractivity contribution >= 4 is 11.8 Å². The van der Waals surface area contributed by atoms with Crippen LogP contribution < -0.4 is 5.32 Å². The third kappa shape index (κ3) is 5.85. The predicted octanol–water partition coefficient (Wildman–Crippen LogP) is 0.968. The van der Waals surface area contributed by atoms with E-state index in [1.165, 1.54) is 0 Å². The van der Waals surface area contributed by atoms with Crippen molar-refractivity contribution in [1.29, 1.82) is 0 Å². The molecule has 1 N–H and O–H groups in total. The van der Waals surface area contributed by atoms with Crippen LogP contribution in [0.2, 0.25) is 0 Å². The SMILES string of the molecule is CCN(CCn1cccn1)C(=O)C[C@@H]1C(=O)NCCN1CCC(C)C. The van der Waals surface area contributed by atoms with Gasteiger partial charge in [-0.15, -0.1) is 0 Å². The molecule has 0 aromatic carbocycles. The molecule has 0 unspecified atom stereocenters. The average molecular weight is 349 g/mol. The molecule has 0 aliphatic carbocycles. The Labute approximate surface area is 150 Å². The molecule has 1 aliphatic heterocycles. The molecule has 25 heavy (non-hydrogen) atoms. The maximum absolute atomic E-state index is 12.7. The third-order valence-corrected chi connectivity index (χ3v) is 4.70. The lowest BCUT2D eigenvalue weighted by Gasteiger charge is -2.36. The highest BCUT2D eigenvalue weighted by Crippen LogP contribution is 2.13. The van der Waals surface area contributed by atoms with Gasteiger partial charge in [0, 0.05) is 38.6 Å². The molecule has 7 heteroatoms. The van der Waals surface area contributed by atoms with Gasteiger partial charge in [0.1, 0.15) is 0 Å². The molecule has 0 saturated carbocycles. The smallest absolute Gasteiger partial charge is 0.237 e. The number of nitrogens with one attached hydrogen (secondary N) is 1. The van der Waals surface area contributed by atoms with Gasteiger partial charge in [-0.25, -0.2) is 0 Å². The summed E-state index contributed by atoms with van der Waals surface area (Å²) < 4.78 is 1.82. The molecular formula is C18H31N5O2. The number of carbonyl (C=O) groups excluding carboxylic acids is 2. The Morgan fingerprint density at radius 1 is 1.44 bits per heavy atom. The molecule has 0 spiro atoms. The van der Waals surface area contributed by atoms with Crippen LogP contribution >= 0.6 is 0 Å². The number of piperazine rings is 1. The first-order valence-electron chi connectivity index (χ1n) is 9.28. The molecule has 1 aromatic rings. The van der Waals surface area contributed by atoms with Crippen molar-refractivity contribution in [2.75, 3.05) is 32.7 Å². The Bertz CT molecular complexity index is 544. The molecule has 140 valence electrons. The minimum Gasteiger partial charge on any atom is -0.353 e. The van der Waals surface area contributed by atoms with Gasteiger partial charge >= 0.3 is 0 Å². The minimum absolute atomic E-state index is 0.0218. The number of rotatable bonds is 9. The third-order valence-electron chi connectivity index (χ3n) is 4.70. The lowest BCUT2D eigenvalue weighted by Crippen LogP contribution is -2.57. The van der Waals surface area contributed by atoms with E-state index < -0.39 is 0 Å². The molecule has 1 aromatic heterocycles. The zero-order valence-electron chi connectivity index (χ0n) is 15.6. The summed E-state index contributed by atoms with van der Waals surface area (Å²) in [6.45, 7) is 10.6. The Kier molecular flexibility index (Phi) is 7.43. The molecule has 0 radical (unpaired) electrons. The highest BCUT2D eigenvalue weighted by Gasteiger charge is 2.32. The molecule has 1 atom stereocenters. The summed E-state index contributed by atoms with van der Waals surface area (Å²) in [7, 11) is 0. The van der Waals surface area contributed by atoms with E-state index in [-0.39, 0.29) is 24.3 Å². The Balaban J connectivity index is 1.92. The quantitative estimate of drug-likeness (QED) is 0.721. The number of carbonyl (C=O) groups is 2. The summed E-state index contributed by atoms with van der Waals surface area (Å²) in [5, 5.41) is 7.07. The lowest BCUT2D eigenvalue weighted by molar-refractivity contribution is -0.138. The number of nitrogens with zero attached hydrogens (tertiary/aromatic N) is 4. The topological polar surface area (TPSA) is 70.5 Å². The van der Waals surface area contributed by atoms with Crippen LogP contribution in [0.15, 0.2) is 18.5 Å². The molecule has 7 nitrogen and oxygen atoms in total. The van der Waals surface area contributed by atoms with Crippen LogP contribution in [0.25, 0.3) is 0 Å². The molecule has 1 aliphatic rings. The van der Waals surface area contributed by atoms with E-state index >= 15 is 0 Å². The van der Waals surface area contributed by atoms with Crippen molar-refractivity contribution in [3.8, 4) is 0 Å². The fourth-order valence-electron chi connectivity index (χ4n) is 3.09. The van der Waals surface area contributed by atoms with E-state index in [2.05, 4.69) is 29.2 Å². The molecule has 2 rings (SSSR count). The fourth-order valence-corrected chi connectivity index (χ4v) is 3.09. The molecule has 1 saturated heterocycles. The van der Waals surface area contributed by atoms with Gasteiger partial charge < -0.3 is 10.2 Å². The summed E-state index contributed by atoms with van der Waals surface area (Å²) in [5.74, 6) is 0.597. The largest absolute Gasteiger partial charge is 0.353 e. The number of amides is 2. The van der Waals surface area contributed by atoms with Crippen molar-refractivity contribution in [2.45, 2.75) is 46.2 Å². The summed E-state index contributed by atoms with van der Waals surface area (Å²) >= 11 is 0. The van der Waals surface area contributed by atoms with Gasteiger partial charge in [-0.05, 0) is 31.9 Å². The van der Waals surface area contributed by atoms with E-state index in [0.717, 1.165) is 19.5 Å². The average Bonchev–Trinajstić information content (AvgIpc) is 3.09. The first-order chi connectivity index (χ1) is 12.0. The normalized spacial score (nSPS) is 18.4. The first-order valence-corrected chi connectivity index (χ1v) is 9.28. The standard InChI is InChI=1S/C18H31N5O2/c1-4-21(12-13-23-9-5-7-20-23)17(24)14-16-18(25)19-8-11-22(16)10-6-15(2)3/h5,7,9,15-16H,4,6,8,10-14H2,1-3H3,(H,19,25)/t16-/m1/s1. The maximum atomic E-state index is 12.7. The first kappa shape index (κ1) is 19.4. The number of hydrogen-bond acceptors (Lipinski definition) is 4. The molecule has 2 amide bonds. The van der Waals surface area contributed by atoms with E-state index in [0.29, 0.717) is 32.1 Å². The van der Waals surface area contributed by atoms with Gasteiger partial charge in [0.2, 0.25) is 11.8 Å². The Morgan fingerprint density at radius 3 is 2.88 bits per heavy atom. The highest BCUT2D eigenvalue weighted by atomic mass is 16.2. The van der Waals surface area contributed by atoms with Gasteiger partial charge in [0.05, 0.1) is 19.0 Å². The van der Waals surface area contributed by atoms with Gasteiger partial charge in [-0.2, -0.15) is 5.10 Å². The molecule has 1 fully saturated rings. The van der Waals surface area contributed by atoms with Gasteiger partial charge in [-0.3, -0.25) is 19.2 Å². The highest BCUT2D eigenvalue weighted by molar-refractivity contribution is 5.88. The Morgan fingerprint density at radius 2 is 2.24 bits per heavy atom. The zero-order valence-corrected chi connectivity index (χ0v) is 15.6. The van der Waals surface area contributed by atoms with Crippen molar-refractivity contribution in [3.63, 3.8) is 0 Å². The van der Waals surface area contributed by atoms with Crippen LogP contribution in [-0.4, -0.2) is 70.2 Å². The summed E-state index contributed by atoms with van der Waals surface area (Å²) in [4.78, 5) is 29.0. The number of likely N-dealkylation sites (N-methyl/N-ethyl adjacent to an activating group) is 1. The van der Waals surface area contributed by atoms with Gasteiger partial charge in [0.25, 0.3) is 0 Å². The summed E-state index contributed by atoms with van der Waals surface area (Å²) in [6.07, 6.45) is 4.91. The summed E-state index contributed by atoms with van der Waals surface area (Å²) in [5.41, 5.74) is 0. The fraction of sp³-hybridized carbons (Fsp3) is 0.722. The monoisotopic (exact) mass is 349 g/mol. The second-order valence-corrected chi connectivity index (χ2v) is 6.97. The van der Waals surface area contributed by atoms with Crippen LogP contribution in [0.1, 0.15) is 33.6 Å². The lowest BCUT2D eigenvalue weighted by atomic mass is 10.0. The van der Waals surface area contributed by atoms with Crippen LogP contribution in [0.5, 0.6) is 0 Å². The van der Waals surface area contributed by atoms with E-state index in [9.17, 15) is 9.59 Å². The maximum Gasteiger partial charge on any atom is 0.237 e. The van der Waals surface area contributed by atoms with E-state index in [4.69, 9.17) is 0 Å².